The summed E-state index contributed by atoms with van der Waals surface area (Å²) in [7, 11) is 1.91. The Balaban J connectivity index is 1.96. The van der Waals surface area contributed by atoms with Gasteiger partial charge in [-0.3, -0.25) is 9.48 Å². The van der Waals surface area contributed by atoms with Gasteiger partial charge in [-0.15, -0.1) is 0 Å². The van der Waals surface area contributed by atoms with Gasteiger partial charge in [0, 0.05) is 13.2 Å². The zero-order chi connectivity index (χ0) is 10.8. The number of nitrogens with zero attached hydrogens (tertiary/aromatic N) is 2. The minimum absolute atomic E-state index is 0.127. The summed E-state index contributed by atoms with van der Waals surface area (Å²) >= 11 is 0. The second kappa shape index (κ2) is 4.04. The molecule has 1 aliphatic rings. The fraction of sp³-hybridized carbons (Fsp3) is 0.636. The highest BCUT2D eigenvalue weighted by Crippen LogP contribution is 2.35. The molecule has 0 bridgehead atoms. The van der Waals surface area contributed by atoms with Gasteiger partial charge in [0.2, 0.25) is 0 Å². The number of aromatic nitrogens is 2. The predicted molar refractivity (Wildman–Crippen MR) is 55.5 cm³/mol. The molecule has 0 atom stereocenters. The van der Waals surface area contributed by atoms with Crippen LogP contribution in [-0.4, -0.2) is 20.9 Å². The first-order valence-corrected chi connectivity index (χ1v) is 5.38. The van der Waals surface area contributed by atoms with Gasteiger partial charge < -0.3 is 5.11 Å². The molecule has 4 nitrogen and oxygen atoms in total. The molecule has 0 amide bonds. The van der Waals surface area contributed by atoms with Crippen LogP contribution in [0.3, 0.4) is 0 Å². The third kappa shape index (κ3) is 2.19. The van der Waals surface area contributed by atoms with Crippen LogP contribution in [0, 0.1) is 5.92 Å². The Morgan fingerprint density at radius 2 is 2.13 bits per heavy atom. The number of carboxylic acids is 1. The maximum atomic E-state index is 10.8. The molecule has 2 rings (SSSR count). The molecule has 1 aromatic heterocycles. The Morgan fingerprint density at radius 1 is 1.47 bits per heavy atom. The lowest BCUT2D eigenvalue weighted by atomic mass is 9.79. The molecule has 1 heterocycles. The first kappa shape index (κ1) is 10.2. The highest BCUT2D eigenvalue weighted by atomic mass is 16.4. The molecule has 82 valence electrons. The molecule has 0 unspecified atom stereocenters. The quantitative estimate of drug-likeness (QED) is 0.806. The molecule has 15 heavy (non-hydrogen) atoms. The first-order chi connectivity index (χ1) is 7.16. The van der Waals surface area contributed by atoms with Gasteiger partial charge in [-0.2, -0.15) is 5.10 Å². The van der Waals surface area contributed by atoms with Crippen molar-refractivity contribution in [3.63, 3.8) is 0 Å². The fourth-order valence-electron chi connectivity index (χ4n) is 2.32. The van der Waals surface area contributed by atoms with Gasteiger partial charge in [-0.25, -0.2) is 0 Å². The molecule has 0 aliphatic heterocycles. The summed E-state index contributed by atoms with van der Waals surface area (Å²) in [6, 6.07) is 0. The average Bonchev–Trinajstić information content (AvgIpc) is 2.65. The van der Waals surface area contributed by atoms with Gasteiger partial charge in [0.1, 0.15) is 0 Å². The normalized spacial score (nSPS) is 26.5. The highest BCUT2D eigenvalue weighted by Gasteiger charge is 2.27. The summed E-state index contributed by atoms with van der Waals surface area (Å²) in [5, 5.41) is 13.0. The van der Waals surface area contributed by atoms with E-state index >= 15 is 0 Å². The molecule has 1 saturated carbocycles. The topological polar surface area (TPSA) is 55.1 Å². The minimum atomic E-state index is -0.639. The molecule has 1 aliphatic carbocycles. The van der Waals surface area contributed by atoms with Crippen LogP contribution in [0.1, 0.15) is 37.2 Å². The van der Waals surface area contributed by atoms with Crippen LogP contribution in [0.4, 0.5) is 0 Å². The van der Waals surface area contributed by atoms with Gasteiger partial charge in [0.25, 0.3) is 0 Å². The van der Waals surface area contributed by atoms with E-state index in [-0.39, 0.29) is 5.92 Å². The van der Waals surface area contributed by atoms with Gasteiger partial charge in [0.15, 0.2) is 0 Å². The summed E-state index contributed by atoms with van der Waals surface area (Å²) < 4.78 is 1.80. The SMILES string of the molecule is Cn1cc(C2CCC(C(=O)O)CC2)cn1. The maximum absolute atomic E-state index is 10.8. The Hall–Kier alpha value is -1.32. The van der Waals surface area contributed by atoms with Crippen LogP contribution >= 0.6 is 0 Å². The first-order valence-electron chi connectivity index (χ1n) is 5.38. The van der Waals surface area contributed by atoms with E-state index in [1.165, 1.54) is 5.56 Å². The van der Waals surface area contributed by atoms with Crippen molar-refractivity contribution in [3.05, 3.63) is 18.0 Å². The molecular formula is C11H16N2O2. The number of carbonyl (C=O) groups is 1. The van der Waals surface area contributed by atoms with E-state index in [9.17, 15) is 4.79 Å². The number of carboxylic acid groups (broad SMARTS) is 1. The molecule has 1 aromatic rings. The lowest BCUT2D eigenvalue weighted by molar-refractivity contribution is -0.142. The number of aryl methyl sites for hydroxylation is 1. The van der Waals surface area contributed by atoms with Crippen LogP contribution in [0.15, 0.2) is 12.4 Å². The van der Waals surface area contributed by atoms with E-state index in [1.807, 2.05) is 19.4 Å². The van der Waals surface area contributed by atoms with Crippen LogP contribution in [0.5, 0.6) is 0 Å². The van der Waals surface area contributed by atoms with Crippen molar-refractivity contribution in [3.8, 4) is 0 Å². The van der Waals surface area contributed by atoms with Crippen molar-refractivity contribution in [2.45, 2.75) is 31.6 Å². The zero-order valence-electron chi connectivity index (χ0n) is 8.89. The monoisotopic (exact) mass is 208 g/mol. The number of hydrogen-bond donors (Lipinski definition) is 1. The zero-order valence-corrected chi connectivity index (χ0v) is 8.89. The molecule has 1 N–H and O–H groups in total. The Labute approximate surface area is 88.9 Å². The van der Waals surface area contributed by atoms with E-state index < -0.39 is 5.97 Å². The summed E-state index contributed by atoms with van der Waals surface area (Å²) in [6.45, 7) is 0. The summed E-state index contributed by atoms with van der Waals surface area (Å²) in [5.41, 5.74) is 1.25. The van der Waals surface area contributed by atoms with Crippen LogP contribution < -0.4 is 0 Å². The largest absolute Gasteiger partial charge is 0.481 e. The average molecular weight is 208 g/mol. The molecule has 0 radical (unpaired) electrons. The standard InChI is InChI=1S/C11H16N2O2/c1-13-7-10(6-12-13)8-2-4-9(5-3-8)11(14)15/h6-9H,2-5H2,1H3,(H,14,15). The number of hydrogen-bond acceptors (Lipinski definition) is 2. The van der Waals surface area contributed by atoms with Gasteiger partial charge in [-0.1, -0.05) is 0 Å². The summed E-state index contributed by atoms with van der Waals surface area (Å²) in [5.74, 6) is -0.258. The molecule has 0 spiro atoms. The van der Waals surface area contributed by atoms with Crippen LogP contribution in [0.25, 0.3) is 0 Å². The van der Waals surface area contributed by atoms with Crippen LogP contribution in [-0.2, 0) is 11.8 Å². The Bertz CT molecular complexity index is 351. The van der Waals surface area contributed by atoms with E-state index in [0.717, 1.165) is 25.7 Å². The van der Waals surface area contributed by atoms with Crippen molar-refractivity contribution >= 4 is 5.97 Å². The lowest BCUT2D eigenvalue weighted by Gasteiger charge is -2.25. The van der Waals surface area contributed by atoms with Crippen molar-refractivity contribution in [2.75, 3.05) is 0 Å². The van der Waals surface area contributed by atoms with Crippen molar-refractivity contribution in [1.82, 2.24) is 9.78 Å². The number of rotatable bonds is 2. The lowest BCUT2D eigenvalue weighted by Crippen LogP contribution is -2.20. The summed E-state index contributed by atoms with van der Waals surface area (Å²) in [6.07, 6.45) is 7.48. The molecule has 1 fully saturated rings. The third-order valence-corrected chi connectivity index (χ3v) is 3.27. The fourth-order valence-corrected chi connectivity index (χ4v) is 2.32. The van der Waals surface area contributed by atoms with Gasteiger partial charge >= 0.3 is 5.97 Å². The smallest absolute Gasteiger partial charge is 0.306 e. The van der Waals surface area contributed by atoms with Gasteiger partial charge in [0.05, 0.1) is 12.1 Å². The van der Waals surface area contributed by atoms with Crippen molar-refractivity contribution in [1.29, 1.82) is 0 Å². The van der Waals surface area contributed by atoms with E-state index in [0.29, 0.717) is 5.92 Å². The predicted octanol–water partition coefficient (Wildman–Crippen LogP) is 1.78. The molecule has 0 saturated heterocycles. The van der Waals surface area contributed by atoms with Crippen molar-refractivity contribution in [2.24, 2.45) is 13.0 Å². The minimum Gasteiger partial charge on any atom is -0.481 e. The number of aliphatic carboxylic acids is 1. The Kier molecular flexibility index (Phi) is 2.75. The second-order valence-corrected chi connectivity index (χ2v) is 4.33. The highest BCUT2D eigenvalue weighted by molar-refractivity contribution is 5.70. The Morgan fingerprint density at radius 3 is 2.60 bits per heavy atom. The maximum Gasteiger partial charge on any atom is 0.306 e. The van der Waals surface area contributed by atoms with E-state index in [1.54, 1.807) is 4.68 Å². The van der Waals surface area contributed by atoms with E-state index in [2.05, 4.69) is 5.10 Å². The van der Waals surface area contributed by atoms with Gasteiger partial charge in [-0.05, 0) is 37.2 Å². The summed E-state index contributed by atoms with van der Waals surface area (Å²) in [4.78, 5) is 10.8. The molecular weight excluding hydrogens is 192 g/mol. The molecule has 0 aromatic carbocycles. The molecule has 4 heteroatoms. The van der Waals surface area contributed by atoms with Crippen LogP contribution in [0.2, 0.25) is 0 Å². The van der Waals surface area contributed by atoms with E-state index in [4.69, 9.17) is 5.11 Å². The van der Waals surface area contributed by atoms with Crippen molar-refractivity contribution < 1.29 is 9.90 Å². The third-order valence-electron chi connectivity index (χ3n) is 3.27. The second-order valence-electron chi connectivity index (χ2n) is 4.33.